The minimum Gasteiger partial charge on any atom is -0.507 e. The van der Waals surface area contributed by atoms with Crippen LogP contribution in [0.2, 0.25) is 0 Å². The average molecular weight is 263 g/mol. The molecule has 0 saturated carbocycles. The fourth-order valence-electron chi connectivity index (χ4n) is 1.90. The summed E-state index contributed by atoms with van der Waals surface area (Å²) in [5.74, 6) is -0.0304. The first-order valence-electron chi connectivity index (χ1n) is 5.92. The first-order valence-corrected chi connectivity index (χ1v) is 5.92. The number of benzene rings is 2. The molecule has 0 fully saturated rings. The normalized spacial score (nSPS) is 12.8. The Morgan fingerprint density at radius 3 is 2.42 bits per heavy atom. The molecule has 3 N–H and O–H groups in total. The average Bonchev–Trinajstić information content (AvgIpc) is 2.34. The van der Waals surface area contributed by atoms with Crippen LogP contribution in [0.15, 0.2) is 30.3 Å². The molecule has 5 heteroatoms. The maximum atomic E-state index is 10.1. The lowest BCUT2D eigenvalue weighted by atomic mass is 10.1. The van der Waals surface area contributed by atoms with Gasteiger partial charge in [0.05, 0.1) is 6.54 Å². The monoisotopic (exact) mass is 263 g/mol. The van der Waals surface area contributed by atoms with Gasteiger partial charge in [-0.2, -0.15) is 0 Å². The third-order valence-corrected chi connectivity index (χ3v) is 2.74. The summed E-state index contributed by atoms with van der Waals surface area (Å²) in [4.78, 5) is 1.75. The van der Waals surface area contributed by atoms with Crippen LogP contribution in [0, 0.1) is 0 Å². The number of ether oxygens (including phenoxy) is 1. The number of aromatic hydroxyl groups is 2. The Kier molecular flexibility index (Phi) is 3.78. The van der Waals surface area contributed by atoms with Crippen molar-refractivity contribution in [1.29, 1.82) is 0 Å². The van der Waals surface area contributed by atoms with E-state index in [0.717, 1.165) is 0 Å². The molecule has 0 aliphatic rings. The second-order valence-corrected chi connectivity index (χ2v) is 4.62. The molecule has 0 heterocycles. The smallest absolute Gasteiger partial charge is 0.210 e. The highest BCUT2D eigenvalue weighted by Crippen LogP contribution is 2.40. The molecular formula is C14H17NO4. The van der Waals surface area contributed by atoms with E-state index < -0.39 is 6.29 Å². The van der Waals surface area contributed by atoms with Crippen LogP contribution in [0.25, 0.3) is 10.8 Å². The minimum atomic E-state index is -1.08. The number of phenols is 2. The molecular weight excluding hydrogens is 246 g/mol. The van der Waals surface area contributed by atoms with Crippen LogP contribution in [0.4, 0.5) is 0 Å². The number of hydrogen-bond donors (Lipinski definition) is 3. The lowest BCUT2D eigenvalue weighted by Crippen LogP contribution is -2.30. The molecule has 0 aliphatic carbocycles. The zero-order valence-corrected chi connectivity index (χ0v) is 10.9. The molecule has 0 aliphatic heterocycles. The summed E-state index contributed by atoms with van der Waals surface area (Å²) in [5.41, 5.74) is 0. The first kappa shape index (κ1) is 13.5. The molecule has 102 valence electrons. The summed E-state index contributed by atoms with van der Waals surface area (Å²) in [6, 6.07) is 8.20. The van der Waals surface area contributed by atoms with Crippen molar-refractivity contribution in [2.75, 3.05) is 20.6 Å². The number of nitrogens with zero attached hydrogens (tertiary/aromatic N) is 1. The highest BCUT2D eigenvalue weighted by molar-refractivity contribution is 5.95. The van der Waals surface area contributed by atoms with Crippen molar-refractivity contribution in [3.63, 3.8) is 0 Å². The van der Waals surface area contributed by atoms with Gasteiger partial charge in [0.2, 0.25) is 6.29 Å². The summed E-state index contributed by atoms with van der Waals surface area (Å²) < 4.78 is 5.25. The zero-order chi connectivity index (χ0) is 14.0. The van der Waals surface area contributed by atoms with Gasteiger partial charge in [0, 0.05) is 16.8 Å². The standard InChI is InChI=1S/C14H17NO4/c1-15(2)8-13(17)19-12-7-11(16)9-5-3-4-6-10(9)14(12)18/h3-7,13,16-18H,8H2,1-2H3. The van der Waals surface area contributed by atoms with Gasteiger partial charge >= 0.3 is 0 Å². The van der Waals surface area contributed by atoms with Crippen LogP contribution in [0.5, 0.6) is 17.2 Å². The zero-order valence-electron chi connectivity index (χ0n) is 10.9. The van der Waals surface area contributed by atoms with E-state index in [4.69, 9.17) is 4.74 Å². The second-order valence-electron chi connectivity index (χ2n) is 4.62. The van der Waals surface area contributed by atoms with Crippen molar-refractivity contribution in [2.24, 2.45) is 0 Å². The molecule has 1 atom stereocenters. The van der Waals surface area contributed by atoms with E-state index in [-0.39, 0.29) is 23.8 Å². The van der Waals surface area contributed by atoms with Crippen molar-refractivity contribution < 1.29 is 20.1 Å². The van der Waals surface area contributed by atoms with Gasteiger partial charge in [0.15, 0.2) is 11.5 Å². The summed E-state index contributed by atoms with van der Waals surface area (Å²) >= 11 is 0. The molecule has 0 spiro atoms. The third-order valence-electron chi connectivity index (χ3n) is 2.74. The van der Waals surface area contributed by atoms with Crippen LogP contribution >= 0.6 is 0 Å². The summed E-state index contributed by atoms with van der Waals surface area (Å²) in [6.45, 7) is 0.285. The quantitative estimate of drug-likeness (QED) is 0.576. The van der Waals surface area contributed by atoms with Crippen molar-refractivity contribution in [3.05, 3.63) is 30.3 Å². The second kappa shape index (κ2) is 5.34. The predicted octanol–water partition coefficient (Wildman–Crippen LogP) is 1.51. The minimum absolute atomic E-state index is 0.000420. The van der Waals surface area contributed by atoms with Crippen LogP contribution < -0.4 is 4.74 Å². The van der Waals surface area contributed by atoms with Crippen LogP contribution in [0.1, 0.15) is 0 Å². The summed E-state index contributed by atoms with van der Waals surface area (Å²) in [6.07, 6.45) is -1.08. The molecule has 2 aromatic carbocycles. The van der Waals surface area contributed by atoms with Gasteiger partial charge in [0.25, 0.3) is 0 Å². The van der Waals surface area contributed by atoms with Crippen molar-refractivity contribution in [3.8, 4) is 17.2 Å². The molecule has 2 rings (SSSR count). The molecule has 19 heavy (non-hydrogen) atoms. The lowest BCUT2D eigenvalue weighted by Gasteiger charge is -2.19. The topological polar surface area (TPSA) is 73.2 Å². The molecule has 2 aromatic rings. The molecule has 0 saturated heterocycles. The number of likely N-dealkylation sites (N-methyl/N-ethyl adjacent to an activating group) is 1. The van der Waals surface area contributed by atoms with E-state index in [0.29, 0.717) is 10.8 Å². The summed E-state index contributed by atoms with van der Waals surface area (Å²) in [7, 11) is 3.59. The molecule has 0 aromatic heterocycles. The van der Waals surface area contributed by atoms with Crippen LogP contribution in [-0.4, -0.2) is 47.1 Å². The van der Waals surface area contributed by atoms with E-state index in [9.17, 15) is 15.3 Å². The first-order chi connectivity index (χ1) is 8.99. The Morgan fingerprint density at radius 1 is 1.16 bits per heavy atom. The Labute approximate surface area is 111 Å². The van der Waals surface area contributed by atoms with Gasteiger partial charge in [-0.15, -0.1) is 0 Å². The number of aliphatic hydroxyl groups excluding tert-OH is 1. The van der Waals surface area contributed by atoms with E-state index in [2.05, 4.69) is 0 Å². The van der Waals surface area contributed by atoms with Crippen molar-refractivity contribution >= 4 is 10.8 Å². The number of hydrogen-bond acceptors (Lipinski definition) is 5. The molecule has 0 radical (unpaired) electrons. The number of aliphatic hydroxyl groups is 1. The Balaban J connectivity index is 2.36. The third kappa shape index (κ3) is 2.89. The Hall–Kier alpha value is -1.98. The predicted molar refractivity (Wildman–Crippen MR) is 72.5 cm³/mol. The van der Waals surface area contributed by atoms with Crippen molar-refractivity contribution in [1.82, 2.24) is 4.90 Å². The van der Waals surface area contributed by atoms with E-state index in [1.54, 1.807) is 43.3 Å². The van der Waals surface area contributed by atoms with E-state index >= 15 is 0 Å². The van der Waals surface area contributed by atoms with Crippen LogP contribution in [-0.2, 0) is 0 Å². The highest BCUT2D eigenvalue weighted by atomic mass is 16.6. The van der Waals surface area contributed by atoms with Gasteiger partial charge < -0.3 is 25.0 Å². The van der Waals surface area contributed by atoms with Gasteiger partial charge in [-0.1, -0.05) is 24.3 Å². The molecule has 5 nitrogen and oxygen atoms in total. The Morgan fingerprint density at radius 2 is 1.79 bits per heavy atom. The van der Waals surface area contributed by atoms with E-state index in [1.807, 2.05) is 0 Å². The number of phenolic OH excluding ortho intramolecular Hbond substituents is 2. The highest BCUT2D eigenvalue weighted by Gasteiger charge is 2.15. The molecule has 0 amide bonds. The molecule has 1 unspecified atom stereocenters. The van der Waals surface area contributed by atoms with Gasteiger partial charge in [-0.05, 0) is 14.1 Å². The van der Waals surface area contributed by atoms with E-state index in [1.165, 1.54) is 6.07 Å². The fourth-order valence-corrected chi connectivity index (χ4v) is 1.90. The largest absolute Gasteiger partial charge is 0.507 e. The number of fused-ring (bicyclic) bond motifs is 1. The molecule has 0 bridgehead atoms. The van der Waals surface area contributed by atoms with Gasteiger partial charge in [-0.3, -0.25) is 0 Å². The summed E-state index contributed by atoms with van der Waals surface area (Å²) in [5, 5.41) is 30.7. The van der Waals surface area contributed by atoms with Crippen LogP contribution in [0.3, 0.4) is 0 Å². The van der Waals surface area contributed by atoms with Crippen molar-refractivity contribution in [2.45, 2.75) is 6.29 Å². The maximum absolute atomic E-state index is 10.1. The number of rotatable bonds is 4. The maximum Gasteiger partial charge on any atom is 0.210 e. The SMILES string of the molecule is CN(C)CC(O)Oc1cc(O)c2ccccc2c1O. The van der Waals surface area contributed by atoms with Gasteiger partial charge in [0.1, 0.15) is 5.75 Å². The Bertz CT molecular complexity index is 583. The van der Waals surface area contributed by atoms with Gasteiger partial charge in [-0.25, -0.2) is 0 Å². The fraction of sp³-hybridized carbons (Fsp3) is 0.286. The lowest BCUT2D eigenvalue weighted by molar-refractivity contribution is -0.0340.